The quantitative estimate of drug-likeness (QED) is 0.542. The van der Waals surface area contributed by atoms with E-state index in [0.717, 1.165) is 5.56 Å². The summed E-state index contributed by atoms with van der Waals surface area (Å²) in [5.41, 5.74) is 0.726. The number of halogens is 2. The fraction of sp³-hybridized carbons (Fsp3) is 0.429. The van der Waals surface area contributed by atoms with Crippen LogP contribution in [0.2, 0.25) is 10.0 Å². The second kappa shape index (κ2) is 9.50. The number of urea groups is 1. The van der Waals surface area contributed by atoms with Gasteiger partial charge in [0.25, 0.3) is 0 Å². The Balaban J connectivity index is 2.57. The molecule has 0 aliphatic heterocycles. The Morgan fingerprint density at radius 2 is 1.95 bits per heavy atom. The molecule has 1 aromatic rings. The third-order valence-electron chi connectivity index (χ3n) is 2.92. The highest BCUT2D eigenvalue weighted by Crippen LogP contribution is 2.26. The first-order chi connectivity index (χ1) is 10.4. The second-order valence-corrected chi connectivity index (χ2v) is 5.45. The molecule has 0 aliphatic rings. The maximum absolute atomic E-state index is 11.8. The highest BCUT2D eigenvalue weighted by molar-refractivity contribution is 6.42. The first-order valence-corrected chi connectivity index (χ1v) is 7.51. The van der Waals surface area contributed by atoms with E-state index in [9.17, 15) is 9.59 Å². The Hall–Kier alpha value is -1.50. The van der Waals surface area contributed by atoms with Gasteiger partial charge >= 0.3 is 12.0 Å². The van der Waals surface area contributed by atoms with E-state index in [1.165, 1.54) is 0 Å². The smallest absolute Gasteiger partial charge is 0.315 e. The molecule has 1 aromatic carbocycles. The van der Waals surface area contributed by atoms with Gasteiger partial charge in [0.2, 0.25) is 0 Å². The first kappa shape index (κ1) is 18.5. The molecule has 2 amide bonds. The van der Waals surface area contributed by atoms with Gasteiger partial charge < -0.3 is 20.8 Å². The summed E-state index contributed by atoms with van der Waals surface area (Å²) < 4.78 is 0. The molecule has 0 radical (unpaired) electrons. The normalized spacial score (nSPS) is 11.8. The zero-order valence-corrected chi connectivity index (χ0v) is 13.3. The number of nitrogens with one attached hydrogen (secondary N) is 2. The SMILES string of the molecule is O=C(O)CCCNC(=O)NC(CCO)c1ccc(Cl)c(Cl)c1. The summed E-state index contributed by atoms with van der Waals surface area (Å²) in [6, 6.07) is 4.12. The highest BCUT2D eigenvalue weighted by Gasteiger charge is 2.15. The standard InChI is InChI=1S/C14H18Cl2N2O4/c15-10-4-3-9(8-11(10)16)12(5-7-19)18-14(22)17-6-1-2-13(20)21/h3-4,8,12,19H,1-2,5-7H2,(H,20,21)(H2,17,18,22). The van der Waals surface area contributed by atoms with Crippen molar-refractivity contribution in [1.82, 2.24) is 10.6 Å². The van der Waals surface area contributed by atoms with Gasteiger partial charge in [-0.05, 0) is 30.5 Å². The number of hydrogen-bond acceptors (Lipinski definition) is 3. The minimum Gasteiger partial charge on any atom is -0.481 e. The molecular formula is C14H18Cl2N2O4. The molecule has 0 spiro atoms. The van der Waals surface area contributed by atoms with Gasteiger partial charge in [-0.3, -0.25) is 4.79 Å². The summed E-state index contributed by atoms with van der Waals surface area (Å²) in [5.74, 6) is -0.906. The number of carbonyl (C=O) groups excluding carboxylic acids is 1. The van der Waals surface area contributed by atoms with Crippen LogP contribution in [-0.4, -0.2) is 35.4 Å². The molecule has 1 rings (SSSR count). The minimum atomic E-state index is -0.906. The molecule has 0 bridgehead atoms. The molecule has 1 unspecified atom stereocenters. The van der Waals surface area contributed by atoms with Gasteiger partial charge in [-0.1, -0.05) is 29.3 Å². The van der Waals surface area contributed by atoms with Crippen LogP contribution in [0.5, 0.6) is 0 Å². The second-order valence-electron chi connectivity index (χ2n) is 4.64. The van der Waals surface area contributed by atoms with E-state index in [1.807, 2.05) is 0 Å². The van der Waals surface area contributed by atoms with Crippen LogP contribution >= 0.6 is 23.2 Å². The van der Waals surface area contributed by atoms with Crippen molar-refractivity contribution in [2.75, 3.05) is 13.2 Å². The molecule has 0 heterocycles. The van der Waals surface area contributed by atoms with E-state index >= 15 is 0 Å². The first-order valence-electron chi connectivity index (χ1n) is 6.76. The monoisotopic (exact) mass is 348 g/mol. The number of benzene rings is 1. The number of amides is 2. The van der Waals surface area contributed by atoms with Crippen molar-refractivity contribution in [3.05, 3.63) is 33.8 Å². The van der Waals surface area contributed by atoms with Crippen molar-refractivity contribution in [3.63, 3.8) is 0 Å². The van der Waals surface area contributed by atoms with E-state index in [-0.39, 0.29) is 19.6 Å². The lowest BCUT2D eigenvalue weighted by molar-refractivity contribution is -0.137. The molecule has 0 saturated heterocycles. The van der Waals surface area contributed by atoms with Crippen LogP contribution in [0, 0.1) is 0 Å². The molecule has 0 aliphatic carbocycles. The summed E-state index contributed by atoms with van der Waals surface area (Å²) in [6.45, 7) is 0.148. The Kier molecular flexibility index (Phi) is 8.01. The van der Waals surface area contributed by atoms with Crippen LogP contribution < -0.4 is 10.6 Å². The summed E-state index contributed by atoms with van der Waals surface area (Å²) in [6.07, 6.45) is 0.661. The lowest BCUT2D eigenvalue weighted by Crippen LogP contribution is -2.38. The van der Waals surface area contributed by atoms with Crippen molar-refractivity contribution < 1.29 is 19.8 Å². The average molecular weight is 349 g/mol. The minimum absolute atomic E-state index is 0.00680. The van der Waals surface area contributed by atoms with E-state index in [2.05, 4.69) is 10.6 Å². The molecule has 0 aromatic heterocycles. The Labute approximate surface area is 138 Å². The number of aliphatic hydroxyl groups excluding tert-OH is 1. The summed E-state index contributed by atoms with van der Waals surface area (Å²) in [5, 5.41) is 23.7. The maximum atomic E-state index is 11.8. The molecule has 8 heteroatoms. The largest absolute Gasteiger partial charge is 0.481 e. The molecule has 6 nitrogen and oxygen atoms in total. The molecule has 0 saturated carbocycles. The van der Waals surface area contributed by atoms with E-state index in [0.29, 0.717) is 22.9 Å². The van der Waals surface area contributed by atoms with Gasteiger partial charge in [-0.25, -0.2) is 4.79 Å². The van der Waals surface area contributed by atoms with Crippen LogP contribution in [0.25, 0.3) is 0 Å². The third kappa shape index (κ3) is 6.51. The molecule has 22 heavy (non-hydrogen) atoms. The summed E-state index contributed by atoms with van der Waals surface area (Å²) >= 11 is 11.8. The predicted molar refractivity (Wildman–Crippen MR) is 84.3 cm³/mol. The van der Waals surface area contributed by atoms with E-state index in [4.69, 9.17) is 33.4 Å². The summed E-state index contributed by atoms with van der Waals surface area (Å²) in [4.78, 5) is 22.2. The number of carbonyl (C=O) groups is 2. The zero-order valence-electron chi connectivity index (χ0n) is 11.8. The fourth-order valence-corrected chi connectivity index (χ4v) is 2.14. The van der Waals surface area contributed by atoms with Crippen LogP contribution in [0.3, 0.4) is 0 Å². The number of carboxylic acids is 1. The average Bonchev–Trinajstić information content (AvgIpc) is 2.46. The Morgan fingerprint density at radius 3 is 2.55 bits per heavy atom. The van der Waals surface area contributed by atoms with Crippen molar-refractivity contribution in [1.29, 1.82) is 0 Å². The number of aliphatic carboxylic acids is 1. The topological polar surface area (TPSA) is 98.7 Å². The Morgan fingerprint density at radius 1 is 1.23 bits per heavy atom. The molecular weight excluding hydrogens is 331 g/mol. The maximum Gasteiger partial charge on any atom is 0.315 e. The predicted octanol–water partition coefficient (Wildman–Crippen LogP) is 2.58. The number of carboxylic acid groups (broad SMARTS) is 1. The fourth-order valence-electron chi connectivity index (χ4n) is 1.83. The molecule has 122 valence electrons. The molecule has 4 N–H and O–H groups in total. The van der Waals surface area contributed by atoms with Crippen molar-refractivity contribution in [2.24, 2.45) is 0 Å². The Bertz CT molecular complexity index is 526. The van der Waals surface area contributed by atoms with Gasteiger partial charge in [0.15, 0.2) is 0 Å². The zero-order chi connectivity index (χ0) is 16.5. The molecule has 1 atom stereocenters. The third-order valence-corrected chi connectivity index (χ3v) is 3.66. The van der Waals surface area contributed by atoms with Crippen LogP contribution in [0.15, 0.2) is 18.2 Å². The van der Waals surface area contributed by atoms with E-state index < -0.39 is 18.0 Å². The van der Waals surface area contributed by atoms with Gasteiger partial charge in [0.1, 0.15) is 0 Å². The summed E-state index contributed by atoms with van der Waals surface area (Å²) in [7, 11) is 0. The van der Waals surface area contributed by atoms with Crippen molar-refractivity contribution in [3.8, 4) is 0 Å². The van der Waals surface area contributed by atoms with E-state index in [1.54, 1.807) is 18.2 Å². The van der Waals surface area contributed by atoms with Crippen molar-refractivity contribution in [2.45, 2.75) is 25.3 Å². The molecule has 0 fully saturated rings. The van der Waals surface area contributed by atoms with Crippen LogP contribution in [-0.2, 0) is 4.79 Å². The highest BCUT2D eigenvalue weighted by atomic mass is 35.5. The van der Waals surface area contributed by atoms with Crippen LogP contribution in [0.1, 0.15) is 30.9 Å². The lowest BCUT2D eigenvalue weighted by atomic mass is 10.0. The van der Waals surface area contributed by atoms with Crippen LogP contribution in [0.4, 0.5) is 4.79 Å². The number of aliphatic hydroxyl groups is 1. The van der Waals surface area contributed by atoms with Gasteiger partial charge in [0.05, 0.1) is 16.1 Å². The van der Waals surface area contributed by atoms with Gasteiger partial charge in [-0.2, -0.15) is 0 Å². The number of rotatable bonds is 8. The van der Waals surface area contributed by atoms with Crippen molar-refractivity contribution >= 4 is 35.2 Å². The van der Waals surface area contributed by atoms with Gasteiger partial charge in [0, 0.05) is 19.6 Å². The lowest BCUT2D eigenvalue weighted by Gasteiger charge is -2.19. The van der Waals surface area contributed by atoms with Gasteiger partial charge in [-0.15, -0.1) is 0 Å². The number of hydrogen-bond donors (Lipinski definition) is 4.